The largest absolute Gasteiger partial charge is 0.325 e. The molecule has 0 radical (unpaired) electrons. The van der Waals surface area contributed by atoms with Crippen LogP contribution in [0.2, 0.25) is 0 Å². The molecule has 0 aliphatic carbocycles. The number of aromatic nitrogens is 2. The van der Waals surface area contributed by atoms with Crippen molar-refractivity contribution in [1.82, 2.24) is 13.1 Å². The fraction of sp³-hybridized carbons (Fsp3) is 0.409. The highest BCUT2D eigenvalue weighted by atomic mass is 32.2. The highest BCUT2D eigenvalue weighted by molar-refractivity contribution is 7.89. The number of carbonyl (C=O) groups excluding carboxylic acids is 1. The van der Waals surface area contributed by atoms with Gasteiger partial charge in [0.2, 0.25) is 15.9 Å². The summed E-state index contributed by atoms with van der Waals surface area (Å²) in [5.41, 5.74) is 4.02. The number of amides is 1. The fourth-order valence-corrected chi connectivity index (χ4v) is 6.41. The predicted molar refractivity (Wildman–Crippen MR) is 123 cm³/mol. The molecule has 2 heterocycles. The van der Waals surface area contributed by atoms with E-state index < -0.39 is 15.9 Å². The Morgan fingerprint density at radius 2 is 1.84 bits per heavy atom. The van der Waals surface area contributed by atoms with Crippen LogP contribution in [-0.2, 0) is 27.7 Å². The summed E-state index contributed by atoms with van der Waals surface area (Å²) in [6.07, 6.45) is 2.94. The Morgan fingerprint density at radius 1 is 1.13 bits per heavy atom. The van der Waals surface area contributed by atoms with Crippen LogP contribution in [0.25, 0.3) is 11.0 Å². The summed E-state index contributed by atoms with van der Waals surface area (Å²) in [6, 6.07) is 11.0. The van der Waals surface area contributed by atoms with Gasteiger partial charge in [0.25, 0.3) is 0 Å². The number of aryl methyl sites for hydroxylation is 2. The minimum Gasteiger partial charge on any atom is -0.325 e. The quantitative estimate of drug-likeness (QED) is 0.606. The van der Waals surface area contributed by atoms with E-state index in [1.165, 1.54) is 4.31 Å². The molecule has 1 aliphatic heterocycles. The molecule has 164 valence electrons. The van der Waals surface area contributed by atoms with E-state index in [4.69, 9.17) is 0 Å². The number of nitrogens with zero attached hydrogens (tertiary/aromatic N) is 3. The van der Waals surface area contributed by atoms with E-state index in [1.807, 2.05) is 18.2 Å². The first-order chi connectivity index (χ1) is 15.0. The topological polar surface area (TPSA) is 92.3 Å². The van der Waals surface area contributed by atoms with Gasteiger partial charge in [0.1, 0.15) is 15.9 Å². The van der Waals surface area contributed by atoms with Crippen LogP contribution < -0.4 is 5.32 Å². The Morgan fingerprint density at radius 3 is 2.55 bits per heavy atom. The second-order valence-corrected chi connectivity index (χ2v) is 10.2. The van der Waals surface area contributed by atoms with Crippen LogP contribution in [0.3, 0.4) is 0 Å². The van der Waals surface area contributed by atoms with Gasteiger partial charge in [-0.2, -0.15) is 13.1 Å². The lowest BCUT2D eigenvalue weighted by Crippen LogP contribution is -2.43. The first kappa shape index (κ1) is 21.9. The van der Waals surface area contributed by atoms with E-state index in [0.29, 0.717) is 30.4 Å². The van der Waals surface area contributed by atoms with Crippen molar-refractivity contribution in [2.75, 3.05) is 18.4 Å². The number of anilines is 1. The average molecular weight is 459 g/mol. The van der Waals surface area contributed by atoms with Crippen LogP contribution in [0.5, 0.6) is 0 Å². The molecule has 1 aromatic heterocycles. The molecule has 2 aromatic carbocycles. The van der Waals surface area contributed by atoms with Gasteiger partial charge in [-0.15, -0.1) is 0 Å². The van der Waals surface area contributed by atoms with Gasteiger partial charge in [-0.3, -0.25) is 4.79 Å². The Balaban J connectivity index is 1.56. The summed E-state index contributed by atoms with van der Waals surface area (Å²) in [7, 11) is -3.77. The van der Waals surface area contributed by atoms with Crippen molar-refractivity contribution in [2.45, 2.75) is 44.4 Å². The summed E-state index contributed by atoms with van der Waals surface area (Å²) in [6.45, 7) is 4.68. The molecule has 1 fully saturated rings. The summed E-state index contributed by atoms with van der Waals surface area (Å²) >= 11 is 0.996. The van der Waals surface area contributed by atoms with E-state index in [2.05, 4.69) is 27.9 Å². The van der Waals surface area contributed by atoms with Gasteiger partial charge in [-0.1, -0.05) is 38.1 Å². The Hall–Kier alpha value is -2.36. The van der Waals surface area contributed by atoms with E-state index in [9.17, 15) is 13.2 Å². The number of hydrogen-bond donors (Lipinski definition) is 1. The third kappa shape index (κ3) is 4.22. The van der Waals surface area contributed by atoms with E-state index >= 15 is 0 Å². The number of piperidine rings is 1. The van der Waals surface area contributed by atoms with Crippen LogP contribution >= 0.6 is 11.7 Å². The Labute approximate surface area is 186 Å². The van der Waals surface area contributed by atoms with Crippen LogP contribution in [-0.4, -0.2) is 40.5 Å². The summed E-state index contributed by atoms with van der Waals surface area (Å²) in [5.74, 6) is -0.519. The first-order valence-corrected chi connectivity index (χ1v) is 12.8. The predicted octanol–water partition coefficient (Wildman–Crippen LogP) is 3.86. The highest BCUT2D eigenvalue weighted by Gasteiger charge is 2.35. The molecule has 1 saturated heterocycles. The number of rotatable bonds is 6. The molecule has 7 nitrogen and oxygen atoms in total. The van der Waals surface area contributed by atoms with Crippen molar-refractivity contribution in [3.05, 3.63) is 47.5 Å². The summed E-state index contributed by atoms with van der Waals surface area (Å²) < 4.78 is 36.5. The van der Waals surface area contributed by atoms with Crippen molar-refractivity contribution >= 4 is 44.4 Å². The number of sulfonamides is 1. The number of nitrogens with one attached hydrogen (secondary N) is 1. The number of benzene rings is 2. The molecule has 4 rings (SSSR count). The zero-order valence-electron chi connectivity index (χ0n) is 17.7. The number of para-hydroxylation sites is 1. The third-order valence-corrected chi connectivity index (χ3v) is 8.31. The van der Waals surface area contributed by atoms with Gasteiger partial charge >= 0.3 is 0 Å². The average Bonchev–Trinajstić information content (AvgIpc) is 3.28. The zero-order valence-corrected chi connectivity index (χ0v) is 19.3. The molecule has 1 N–H and O–H groups in total. The number of hydrogen-bond acceptors (Lipinski definition) is 6. The Bertz CT molecular complexity index is 1180. The van der Waals surface area contributed by atoms with Gasteiger partial charge in [0.15, 0.2) is 0 Å². The number of fused-ring (bicyclic) bond motifs is 1. The van der Waals surface area contributed by atoms with E-state index in [-0.39, 0.29) is 17.3 Å². The monoisotopic (exact) mass is 458 g/mol. The molecule has 1 aliphatic rings. The smallest absolute Gasteiger partial charge is 0.245 e. The lowest BCUT2D eigenvalue weighted by atomic mass is 9.97. The minimum atomic E-state index is -3.77. The molecular formula is C22H26N4O3S2. The lowest BCUT2D eigenvalue weighted by molar-refractivity contribution is -0.120. The van der Waals surface area contributed by atoms with Crippen LogP contribution in [0, 0.1) is 5.92 Å². The highest BCUT2D eigenvalue weighted by Crippen LogP contribution is 2.29. The van der Waals surface area contributed by atoms with Crippen LogP contribution in [0.4, 0.5) is 5.69 Å². The Kier molecular flexibility index (Phi) is 6.36. The van der Waals surface area contributed by atoms with Crippen molar-refractivity contribution in [1.29, 1.82) is 0 Å². The normalized spacial score (nSPS) is 17.7. The second kappa shape index (κ2) is 9.02. The van der Waals surface area contributed by atoms with Crippen molar-refractivity contribution in [3.8, 4) is 0 Å². The SMILES string of the molecule is CCc1cccc(CC)c1NC(=O)[C@H]1CCCN(S(=O)(=O)c2cccc3nsnc23)C1. The molecule has 0 spiro atoms. The zero-order chi connectivity index (χ0) is 22.0. The fourth-order valence-electron chi connectivity index (χ4n) is 4.13. The maximum atomic E-state index is 13.4. The van der Waals surface area contributed by atoms with Crippen LogP contribution in [0.15, 0.2) is 41.3 Å². The number of carbonyl (C=O) groups is 1. The van der Waals surface area contributed by atoms with Crippen LogP contribution in [0.1, 0.15) is 37.8 Å². The molecule has 31 heavy (non-hydrogen) atoms. The molecule has 0 unspecified atom stereocenters. The molecular weight excluding hydrogens is 432 g/mol. The maximum absolute atomic E-state index is 13.4. The second-order valence-electron chi connectivity index (χ2n) is 7.74. The minimum absolute atomic E-state index is 0.121. The van der Waals surface area contributed by atoms with E-state index in [1.54, 1.807) is 18.2 Å². The van der Waals surface area contributed by atoms with Gasteiger partial charge < -0.3 is 5.32 Å². The van der Waals surface area contributed by atoms with E-state index in [0.717, 1.165) is 41.4 Å². The third-order valence-electron chi connectivity index (χ3n) is 5.87. The maximum Gasteiger partial charge on any atom is 0.245 e. The van der Waals surface area contributed by atoms with Crippen molar-refractivity contribution in [3.63, 3.8) is 0 Å². The lowest BCUT2D eigenvalue weighted by Gasteiger charge is -2.31. The standard InChI is InChI=1S/C22H26N4O3S2/c1-3-15-8-5-9-16(4-2)20(15)23-22(27)17-10-7-13-26(14-17)31(28,29)19-12-6-11-18-21(19)25-30-24-18/h5-6,8-9,11-12,17H,3-4,7,10,13-14H2,1-2H3,(H,23,27)/t17-/m0/s1. The van der Waals surface area contributed by atoms with Gasteiger partial charge in [-0.05, 0) is 48.9 Å². The van der Waals surface area contributed by atoms with Gasteiger partial charge in [0.05, 0.1) is 17.6 Å². The first-order valence-electron chi connectivity index (χ1n) is 10.6. The molecule has 0 bridgehead atoms. The van der Waals surface area contributed by atoms with Gasteiger partial charge in [0, 0.05) is 18.8 Å². The van der Waals surface area contributed by atoms with Crippen molar-refractivity contribution in [2.24, 2.45) is 5.92 Å². The molecule has 1 atom stereocenters. The molecule has 1 amide bonds. The van der Waals surface area contributed by atoms with Gasteiger partial charge in [-0.25, -0.2) is 8.42 Å². The van der Waals surface area contributed by atoms with Crippen molar-refractivity contribution < 1.29 is 13.2 Å². The molecule has 9 heteroatoms. The molecule has 3 aromatic rings. The summed E-state index contributed by atoms with van der Waals surface area (Å²) in [5, 5.41) is 3.11. The molecule has 0 saturated carbocycles. The summed E-state index contributed by atoms with van der Waals surface area (Å²) in [4.78, 5) is 13.3.